The SMILES string of the molecule is COCCNCC(=O)N(C)C(C)c1ccc(C)cc1. The number of hydrogen-bond acceptors (Lipinski definition) is 3. The molecule has 0 fully saturated rings. The van der Waals surface area contributed by atoms with Gasteiger partial charge in [-0.1, -0.05) is 29.8 Å². The van der Waals surface area contributed by atoms with Crippen LogP contribution in [0.2, 0.25) is 0 Å². The molecule has 0 saturated heterocycles. The fourth-order valence-electron chi connectivity index (χ4n) is 1.78. The Bertz CT molecular complexity index is 390. The molecule has 1 rings (SSSR count). The van der Waals surface area contributed by atoms with Crippen LogP contribution in [0.1, 0.15) is 24.1 Å². The smallest absolute Gasteiger partial charge is 0.236 e. The maximum atomic E-state index is 12.0. The van der Waals surface area contributed by atoms with Gasteiger partial charge >= 0.3 is 0 Å². The summed E-state index contributed by atoms with van der Waals surface area (Å²) in [4.78, 5) is 13.8. The lowest BCUT2D eigenvalue weighted by molar-refractivity contribution is -0.130. The highest BCUT2D eigenvalue weighted by Gasteiger charge is 2.16. The van der Waals surface area contributed by atoms with E-state index in [1.54, 1.807) is 12.0 Å². The van der Waals surface area contributed by atoms with Crippen molar-refractivity contribution >= 4 is 5.91 Å². The summed E-state index contributed by atoms with van der Waals surface area (Å²) in [7, 11) is 3.49. The molecule has 0 heterocycles. The van der Waals surface area contributed by atoms with E-state index in [1.807, 2.05) is 14.0 Å². The number of carbonyl (C=O) groups excluding carboxylic acids is 1. The van der Waals surface area contributed by atoms with Crippen LogP contribution in [-0.4, -0.2) is 44.7 Å². The predicted octanol–water partition coefficient (Wildman–Crippen LogP) is 1.75. The van der Waals surface area contributed by atoms with Crippen molar-refractivity contribution in [2.24, 2.45) is 0 Å². The summed E-state index contributed by atoms with van der Waals surface area (Å²) < 4.78 is 4.92. The summed E-state index contributed by atoms with van der Waals surface area (Å²) in [5, 5.41) is 3.07. The van der Waals surface area contributed by atoms with Crippen molar-refractivity contribution in [1.29, 1.82) is 0 Å². The van der Waals surface area contributed by atoms with Gasteiger partial charge in [0.25, 0.3) is 0 Å². The largest absolute Gasteiger partial charge is 0.383 e. The van der Waals surface area contributed by atoms with E-state index in [2.05, 4.69) is 36.5 Å². The second kappa shape index (κ2) is 7.92. The fraction of sp³-hybridized carbons (Fsp3) is 0.533. The molecular formula is C15H24N2O2. The Balaban J connectivity index is 2.49. The highest BCUT2D eigenvalue weighted by Crippen LogP contribution is 2.18. The van der Waals surface area contributed by atoms with Crippen LogP contribution >= 0.6 is 0 Å². The summed E-state index contributed by atoms with van der Waals surface area (Å²) >= 11 is 0. The molecule has 0 spiro atoms. The molecule has 0 aliphatic heterocycles. The number of methoxy groups -OCH3 is 1. The van der Waals surface area contributed by atoms with Gasteiger partial charge in [0, 0.05) is 20.7 Å². The normalized spacial score (nSPS) is 12.2. The Labute approximate surface area is 115 Å². The molecule has 1 aromatic rings. The van der Waals surface area contributed by atoms with Crippen molar-refractivity contribution in [1.82, 2.24) is 10.2 Å². The quantitative estimate of drug-likeness (QED) is 0.763. The molecule has 1 unspecified atom stereocenters. The van der Waals surface area contributed by atoms with Gasteiger partial charge in [0.15, 0.2) is 0 Å². The van der Waals surface area contributed by atoms with Gasteiger partial charge in [0.05, 0.1) is 19.2 Å². The van der Waals surface area contributed by atoms with E-state index >= 15 is 0 Å². The molecule has 19 heavy (non-hydrogen) atoms. The fourth-order valence-corrected chi connectivity index (χ4v) is 1.78. The molecule has 0 aromatic heterocycles. The number of likely N-dealkylation sites (N-methyl/N-ethyl adjacent to an activating group) is 1. The first-order valence-corrected chi connectivity index (χ1v) is 6.58. The molecule has 0 aliphatic carbocycles. The van der Waals surface area contributed by atoms with Crippen molar-refractivity contribution in [2.75, 3.05) is 33.9 Å². The van der Waals surface area contributed by atoms with E-state index in [0.717, 1.165) is 5.56 Å². The average molecular weight is 264 g/mol. The average Bonchev–Trinajstić information content (AvgIpc) is 2.42. The first kappa shape index (κ1) is 15.7. The number of nitrogens with one attached hydrogen (secondary N) is 1. The Kier molecular flexibility index (Phi) is 6.53. The molecule has 1 N–H and O–H groups in total. The molecule has 1 atom stereocenters. The van der Waals surface area contributed by atoms with Crippen LogP contribution < -0.4 is 5.32 Å². The van der Waals surface area contributed by atoms with E-state index in [1.165, 1.54) is 5.56 Å². The molecule has 0 aliphatic rings. The number of rotatable bonds is 7. The first-order chi connectivity index (χ1) is 9.06. The predicted molar refractivity (Wildman–Crippen MR) is 77.1 cm³/mol. The minimum Gasteiger partial charge on any atom is -0.383 e. The lowest BCUT2D eigenvalue weighted by Gasteiger charge is -2.25. The van der Waals surface area contributed by atoms with Crippen LogP contribution in [-0.2, 0) is 9.53 Å². The monoisotopic (exact) mass is 264 g/mol. The van der Waals surface area contributed by atoms with E-state index in [9.17, 15) is 4.79 Å². The second-order valence-corrected chi connectivity index (χ2v) is 4.76. The zero-order valence-electron chi connectivity index (χ0n) is 12.3. The Morgan fingerprint density at radius 3 is 2.58 bits per heavy atom. The summed E-state index contributed by atoms with van der Waals surface area (Å²) in [5.41, 5.74) is 2.38. The molecule has 0 saturated carbocycles. The van der Waals surface area contributed by atoms with Gasteiger partial charge < -0.3 is 15.0 Å². The summed E-state index contributed by atoms with van der Waals surface area (Å²) in [5.74, 6) is 0.0872. The van der Waals surface area contributed by atoms with Gasteiger partial charge in [0.2, 0.25) is 5.91 Å². The van der Waals surface area contributed by atoms with Gasteiger partial charge in [-0.15, -0.1) is 0 Å². The molecule has 4 nitrogen and oxygen atoms in total. The van der Waals surface area contributed by atoms with Crippen LogP contribution in [0.15, 0.2) is 24.3 Å². The minimum absolute atomic E-state index is 0.0809. The third-order valence-electron chi connectivity index (χ3n) is 3.29. The molecular weight excluding hydrogens is 240 g/mol. The van der Waals surface area contributed by atoms with Gasteiger partial charge in [-0.25, -0.2) is 0 Å². The molecule has 106 valence electrons. The molecule has 1 amide bonds. The van der Waals surface area contributed by atoms with Crippen molar-refractivity contribution in [3.05, 3.63) is 35.4 Å². The number of nitrogens with zero attached hydrogens (tertiary/aromatic N) is 1. The number of aryl methyl sites for hydroxylation is 1. The number of ether oxygens (including phenoxy) is 1. The number of benzene rings is 1. The third kappa shape index (κ3) is 5.01. The number of carbonyl (C=O) groups is 1. The molecule has 0 radical (unpaired) electrons. The van der Waals surface area contributed by atoms with Crippen molar-refractivity contribution in [2.45, 2.75) is 19.9 Å². The van der Waals surface area contributed by atoms with Gasteiger partial charge in [-0.2, -0.15) is 0 Å². The first-order valence-electron chi connectivity index (χ1n) is 6.58. The molecule has 1 aromatic carbocycles. The Morgan fingerprint density at radius 1 is 1.37 bits per heavy atom. The maximum Gasteiger partial charge on any atom is 0.236 e. The van der Waals surface area contributed by atoms with E-state index in [4.69, 9.17) is 4.74 Å². The lowest BCUT2D eigenvalue weighted by Crippen LogP contribution is -2.38. The topological polar surface area (TPSA) is 41.6 Å². The highest BCUT2D eigenvalue weighted by atomic mass is 16.5. The van der Waals surface area contributed by atoms with E-state index in [0.29, 0.717) is 19.7 Å². The zero-order valence-corrected chi connectivity index (χ0v) is 12.3. The number of hydrogen-bond donors (Lipinski definition) is 1. The second-order valence-electron chi connectivity index (χ2n) is 4.76. The van der Waals surface area contributed by atoms with Gasteiger partial charge in [0.1, 0.15) is 0 Å². The van der Waals surface area contributed by atoms with Crippen molar-refractivity contribution in [3.63, 3.8) is 0 Å². The molecule has 0 bridgehead atoms. The van der Waals surface area contributed by atoms with Crippen LogP contribution in [0.5, 0.6) is 0 Å². The van der Waals surface area contributed by atoms with Crippen LogP contribution in [0.3, 0.4) is 0 Å². The van der Waals surface area contributed by atoms with Crippen molar-refractivity contribution < 1.29 is 9.53 Å². The van der Waals surface area contributed by atoms with Crippen LogP contribution in [0, 0.1) is 6.92 Å². The third-order valence-corrected chi connectivity index (χ3v) is 3.29. The molecule has 4 heteroatoms. The summed E-state index contributed by atoms with van der Waals surface area (Å²) in [6.45, 7) is 5.75. The van der Waals surface area contributed by atoms with Gasteiger partial charge in [-0.3, -0.25) is 4.79 Å². The Morgan fingerprint density at radius 2 is 2.00 bits per heavy atom. The summed E-state index contributed by atoms with van der Waals surface area (Å²) in [6, 6.07) is 8.36. The standard InChI is InChI=1S/C15H24N2O2/c1-12-5-7-14(8-6-12)13(2)17(3)15(18)11-16-9-10-19-4/h5-8,13,16H,9-11H2,1-4H3. The van der Waals surface area contributed by atoms with Crippen LogP contribution in [0.25, 0.3) is 0 Å². The lowest BCUT2D eigenvalue weighted by atomic mass is 10.1. The number of amides is 1. The van der Waals surface area contributed by atoms with Crippen LogP contribution in [0.4, 0.5) is 0 Å². The van der Waals surface area contributed by atoms with E-state index in [-0.39, 0.29) is 11.9 Å². The summed E-state index contributed by atoms with van der Waals surface area (Å²) in [6.07, 6.45) is 0. The highest BCUT2D eigenvalue weighted by molar-refractivity contribution is 5.78. The van der Waals surface area contributed by atoms with E-state index < -0.39 is 0 Å². The maximum absolute atomic E-state index is 12.0. The minimum atomic E-state index is 0.0809. The van der Waals surface area contributed by atoms with Crippen molar-refractivity contribution in [3.8, 4) is 0 Å². The van der Waals surface area contributed by atoms with Gasteiger partial charge in [-0.05, 0) is 19.4 Å². The Hall–Kier alpha value is -1.39. The zero-order chi connectivity index (χ0) is 14.3.